The molecule has 1 aliphatic heterocycles. The van der Waals surface area contributed by atoms with Crippen LogP contribution in [0.15, 0.2) is 48.8 Å². The zero-order valence-corrected chi connectivity index (χ0v) is 15.3. The van der Waals surface area contributed by atoms with E-state index < -0.39 is 5.60 Å². The van der Waals surface area contributed by atoms with E-state index in [1.165, 1.54) is 0 Å². The Kier molecular flexibility index (Phi) is 4.53. The maximum atomic E-state index is 13.2. The molecule has 2 aromatic rings. The average Bonchev–Trinajstić information content (AvgIpc) is 2.69. The van der Waals surface area contributed by atoms with Crippen LogP contribution < -0.4 is 0 Å². The SMILES string of the molecule is Cc1cncc(C(=O)N2CC[C@@](O)(c3ccccc3)[C@@H]3CCCCC32)c1. The number of aryl methyl sites for hydroxylation is 1. The van der Waals surface area contributed by atoms with Gasteiger partial charge in [0.1, 0.15) is 0 Å². The molecule has 1 saturated heterocycles. The average molecular weight is 350 g/mol. The monoisotopic (exact) mass is 350 g/mol. The summed E-state index contributed by atoms with van der Waals surface area (Å²) < 4.78 is 0. The first-order valence-corrected chi connectivity index (χ1v) is 9.60. The number of nitrogens with zero attached hydrogens (tertiary/aromatic N) is 2. The standard InChI is InChI=1S/C22H26N2O2/c1-16-13-17(15-23-14-16)21(25)24-12-11-22(26,18-7-3-2-4-8-18)19-9-5-6-10-20(19)24/h2-4,7-8,13-15,19-20,26H,5-6,9-12H2,1H3/t19-,20?,22-/m1/s1. The van der Waals surface area contributed by atoms with Gasteiger partial charge in [-0.25, -0.2) is 0 Å². The number of aromatic nitrogens is 1. The summed E-state index contributed by atoms with van der Waals surface area (Å²) in [6, 6.07) is 12.0. The maximum Gasteiger partial charge on any atom is 0.255 e. The van der Waals surface area contributed by atoms with Crippen molar-refractivity contribution < 1.29 is 9.90 Å². The van der Waals surface area contributed by atoms with Gasteiger partial charge < -0.3 is 10.0 Å². The van der Waals surface area contributed by atoms with Crippen molar-refractivity contribution in [3.63, 3.8) is 0 Å². The van der Waals surface area contributed by atoms with Crippen LogP contribution in [0.4, 0.5) is 0 Å². The van der Waals surface area contributed by atoms with Crippen molar-refractivity contribution >= 4 is 5.91 Å². The fourth-order valence-corrected chi connectivity index (χ4v) is 4.86. The van der Waals surface area contributed by atoms with Crippen LogP contribution in [-0.4, -0.2) is 33.5 Å². The second-order valence-corrected chi connectivity index (χ2v) is 7.75. The smallest absolute Gasteiger partial charge is 0.255 e. The predicted molar refractivity (Wildman–Crippen MR) is 101 cm³/mol. The minimum absolute atomic E-state index is 0.0493. The molecule has 136 valence electrons. The second-order valence-electron chi connectivity index (χ2n) is 7.75. The molecular weight excluding hydrogens is 324 g/mol. The van der Waals surface area contributed by atoms with Crippen LogP contribution in [-0.2, 0) is 5.60 Å². The highest BCUT2D eigenvalue weighted by molar-refractivity contribution is 5.94. The number of amides is 1. The third kappa shape index (κ3) is 2.92. The zero-order chi connectivity index (χ0) is 18.1. The lowest BCUT2D eigenvalue weighted by molar-refractivity contribution is -0.110. The molecule has 1 amide bonds. The second kappa shape index (κ2) is 6.84. The third-order valence-corrected chi connectivity index (χ3v) is 6.13. The number of benzene rings is 1. The number of hydrogen-bond donors (Lipinski definition) is 1. The molecule has 3 atom stereocenters. The summed E-state index contributed by atoms with van der Waals surface area (Å²) in [7, 11) is 0. The van der Waals surface area contributed by atoms with Crippen molar-refractivity contribution in [2.75, 3.05) is 6.54 Å². The fourth-order valence-electron chi connectivity index (χ4n) is 4.86. The van der Waals surface area contributed by atoms with Crippen molar-refractivity contribution in [1.29, 1.82) is 0 Å². The molecule has 1 unspecified atom stereocenters. The third-order valence-electron chi connectivity index (χ3n) is 6.13. The minimum Gasteiger partial charge on any atom is -0.385 e. The number of carbonyl (C=O) groups excluding carboxylic acids is 1. The van der Waals surface area contributed by atoms with Crippen LogP contribution in [0.1, 0.15) is 53.6 Å². The van der Waals surface area contributed by atoms with E-state index in [0.717, 1.165) is 36.8 Å². The Labute approximate surface area is 154 Å². The van der Waals surface area contributed by atoms with E-state index in [-0.39, 0.29) is 17.9 Å². The molecule has 0 spiro atoms. The van der Waals surface area contributed by atoms with Gasteiger partial charge in [0.05, 0.1) is 11.2 Å². The van der Waals surface area contributed by atoms with E-state index >= 15 is 0 Å². The molecule has 4 heteroatoms. The van der Waals surface area contributed by atoms with Gasteiger partial charge in [0.15, 0.2) is 0 Å². The number of fused-ring (bicyclic) bond motifs is 1. The molecule has 4 nitrogen and oxygen atoms in total. The van der Waals surface area contributed by atoms with Gasteiger partial charge in [-0.3, -0.25) is 9.78 Å². The number of hydrogen-bond acceptors (Lipinski definition) is 3. The molecule has 1 aromatic carbocycles. The zero-order valence-electron chi connectivity index (χ0n) is 15.3. The Morgan fingerprint density at radius 1 is 1.19 bits per heavy atom. The molecule has 1 saturated carbocycles. The number of piperidine rings is 1. The van der Waals surface area contributed by atoms with Crippen molar-refractivity contribution in [2.24, 2.45) is 5.92 Å². The van der Waals surface area contributed by atoms with Gasteiger partial charge in [0.25, 0.3) is 5.91 Å². The first kappa shape index (κ1) is 17.2. The van der Waals surface area contributed by atoms with Gasteiger partial charge in [-0.15, -0.1) is 0 Å². The van der Waals surface area contributed by atoms with Crippen LogP contribution in [0.25, 0.3) is 0 Å². The molecule has 2 fully saturated rings. The summed E-state index contributed by atoms with van der Waals surface area (Å²) in [4.78, 5) is 19.3. The highest BCUT2D eigenvalue weighted by Crippen LogP contribution is 2.47. The fraction of sp³-hybridized carbons (Fsp3) is 0.455. The molecule has 2 heterocycles. The molecule has 26 heavy (non-hydrogen) atoms. The van der Waals surface area contributed by atoms with Gasteiger partial charge in [0.2, 0.25) is 0 Å². The highest BCUT2D eigenvalue weighted by atomic mass is 16.3. The molecule has 1 aliphatic carbocycles. The lowest BCUT2D eigenvalue weighted by Gasteiger charge is -2.52. The van der Waals surface area contributed by atoms with E-state index in [4.69, 9.17) is 0 Å². The van der Waals surface area contributed by atoms with E-state index in [9.17, 15) is 9.90 Å². The predicted octanol–water partition coefficient (Wildman–Crippen LogP) is 3.68. The first-order chi connectivity index (χ1) is 12.6. The van der Waals surface area contributed by atoms with Crippen LogP contribution in [0.2, 0.25) is 0 Å². The molecule has 0 bridgehead atoms. The molecule has 2 aliphatic rings. The summed E-state index contributed by atoms with van der Waals surface area (Å²) in [6.45, 7) is 2.54. The Bertz CT molecular complexity index is 792. The number of rotatable bonds is 2. The summed E-state index contributed by atoms with van der Waals surface area (Å²) in [6.07, 6.45) is 8.17. The molecule has 4 rings (SSSR count). The number of carbonyl (C=O) groups is 1. The number of likely N-dealkylation sites (tertiary alicyclic amines) is 1. The quantitative estimate of drug-likeness (QED) is 0.899. The summed E-state index contributed by atoms with van der Waals surface area (Å²) in [5, 5.41) is 11.6. The normalized spacial score (nSPS) is 28.5. The lowest BCUT2D eigenvalue weighted by atomic mass is 9.66. The summed E-state index contributed by atoms with van der Waals surface area (Å²) >= 11 is 0. The van der Waals surface area contributed by atoms with Crippen LogP contribution in [0.5, 0.6) is 0 Å². The van der Waals surface area contributed by atoms with E-state index in [2.05, 4.69) is 4.98 Å². The Morgan fingerprint density at radius 2 is 1.96 bits per heavy atom. The van der Waals surface area contributed by atoms with Gasteiger partial charge in [-0.05, 0) is 43.4 Å². The molecule has 0 radical (unpaired) electrons. The van der Waals surface area contributed by atoms with Gasteiger partial charge in [0, 0.05) is 30.9 Å². The Balaban J connectivity index is 1.66. The van der Waals surface area contributed by atoms with E-state index in [0.29, 0.717) is 18.5 Å². The number of aliphatic hydroxyl groups is 1. The molecule has 1 N–H and O–H groups in total. The topological polar surface area (TPSA) is 53.4 Å². The van der Waals surface area contributed by atoms with Crippen LogP contribution in [0.3, 0.4) is 0 Å². The van der Waals surface area contributed by atoms with E-state index in [1.807, 2.05) is 48.2 Å². The maximum absolute atomic E-state index is 13.2. The first-order valence-electron chi connectivity index (χ1n) is 9.60. The van der Waals surface area contributed by atoms with Crippen LogP contribution >= 0.6 is 0 Å². The van der Waals surface area contributed by atoms with Crippen molar-refractivity contribution in [2.45, 2.75) is 50.7 Å². The Hall–Kier alpha value is -2.20. The van der Waals surface area contributed by atoms with Gasteiger partial charge in [-0.1, -0.05) is 43.2 Å². The summed E-state index contributed by atoms with van der Waals surface area (Å²) in [5.74, 6) is 0.141. The van der Waals surface area contributed by atoms with Gasteiger partial charge in [-0.2, -0.15) is 0 Å². The highest BCUT2D eigenvalue weighted by Gasteiger charge is 2.50. The Morgan fingerprint density at radius 3 is 2.73 bits per heavy atom. The van der Waals surface area contributed by atoms with Crippen molar-refractivity contribution in [3.8, 4) is 0 Å². The van der Waals surface area contributed by atoms with Gasteiger partial charge >= 0.3 is 0 Å². The lowest BCUT2D eigenvalue weighted by Crippen LogP contribution is -2.59. The molecular formula is C22H26N2O2. The molecule has 1 aromatic heterocycles. The largest absolute Gasteiger partial charge is 0.385 e. The number of pyridine rings is 1. The minimum atomic E-state index is -0.839. The van der Waals surface area contributed by atoms with Crippen molar-refractivity contribution in [1.82, 2.24) is 9.88 Å². The van der Waals surface area contributed by atoms with Crippen LogP contribution in [0, 0.1) is 12.8 Å². The van der Waals surface area contributed by atoms with Crippen molar-refractivity contribution in [3.05, 3.63) is 65.5 Å². The van der Waals surface area contributed by atoms with E-state index in [1.54, 1.807) is 12.4 Å². The summed E-state index contributed by atoms with van der Waals surface area (Å²) in [5.41, 5.74) is 1.79.